The van der Waals surface area contributed by atoms with Gasteiger partial charge in [0, 0.05) is 12.7 Å². The van der Waals surface area contributed by atoms with E-state index in [9.17, 15) is 5.11 Å². The van der Waals surface area contributed by atoms with Crippen molar-refractivity contribution in [3.63, 3.8) is 0 Å². The summed E-state index contributed by atoms with van der Waals surface area (Å²) in [6, 6.07) is 5.99. The Morgan fingerprint density at radius 2 is 2.06 bits per heavy atom. The first-order valence-corrected chi connectivity index (χ1v) is 6.13. The molecule has 0 atom stereocenters. The van der Waals surface area contributed by atoms with E-state index >= 15 is 0 Å². The molecular formula is C13H20N2O. The average Bonchev–Trinajstić information content (AvgIpc) is 2.33. The third-order valence-electron chi connectivity index (χ3n) is 3.28. The van der Waals surface area contributed by atoms with Gasteiger partial charge in [0.15, 0.2) is 0 Å². The number of aliphatic hydroxyl groups excluding tert-OH is 1. The number of rotatable bonds is 4. The lowest BCUT2D eigenvalue weighted by atomic mass is 9.87. The number of hydrogen-bond acceptors (Lipinski definition) is 3. The Bertz CT molecular complexity index is 294. The summed E-state index contributed by atoms with van der Waals surface area (Å²) >= 11 is 0. The molecular weight excluding hydrogens is 200 g/mol. The number of aliphatic hydroxyl groups is 1. The Hall–Kier alpha value is -0.930. The van der Waals surface area contributed by atoms with Gasteiger partial charge in [0.1, 0.15) is 0 Å². The van der Waals surface area contributed by atoms with Gasteiger partial charge in [0.25, 0.3) is 0 Å². The van der Waals surface area contributed by atoms with Crippen molar-refractivity contribution < 1.29 is 5.11 Å². The highest BCUT2D eigenvalue weighted by atomic mass is 16.3. The first kappa shape index (κ1) is 11.6. The second-order valence-electron chi connectivity index (χ2n) is 4.63. The fraction of sp³-hybridized carbons (Fsp3) is 0.615. The Kier molecular flexibility index (Phi) is 4.31. The SMILES string of the molecule is OC1CCC(CNCc2ccccn2)CC1. The van der Waals surface area contributed by atoms with Crippen LogP contribution in [-0.2, 0) is 6.54 Å². The van der Waals surface area contributed by atoms with Crippen LogP contribution in [0.3, 0.4) is 0 Å². The standard InChI is InChI=1S/C13H20N2O/c16-13-6-4-11(5-7-13)9-14-10-12-3-1-2-8-15-12/h1-3,8,11,13-14,16H,4-7,9-10H2. The molecule has 16 heavy (non-hydrogen) atoms. The van der Waals surface area contributed by atoms with Gasteiger partial charge in [0.2, 0.25) is 0 Å². The van der Waals surface area contributed by atoms with E-state index in [-0.39, 0.29) is 6.10 Å². The summed E-state index contributed by atoms with van der Waals surface area (Å²) in [6.07, 6.45) is 6.01. The molecule has 0 unspecified atom stereocenters. The molecule has 88 valence electrons. The Morgan fingerprint density at radius 3 is 2.75 bits per heavy atom. The molecule has 3 heteroatoms. The maximum absolute atomic E-state index is 9.40. The Morgan fingerprint density at radius 1 is 1.25 bits per heavy atom. The Labute approximate surface area is 96.9 Å². The molecule has 1 fully saturated rings. The summed E-state index contributed by atoms with van der Waals surface area (Å²) in [7, 11) is 0. The minimum Gasteiger partial charge on any atom is -0.393 e. The maximum atomic E-state index is 9.40. The first-order chi connectivity index (χ1) is 7.84. The molecule has 1 aromatic rings. The summed E-state index contributed by atoms with van der Waals surface area (Å²) in [4.78, 5) is 4.27. The number of aromatic nitrogens is 1. The van der Waals surface area contributed by atoms with E-state index in [2.05, 4.69) is 10.3 Å². The van der Waals surface area contributed by atoms with E-state index in [4.69, 9.17) is 0 Å². The van der Waals surface area contributed by atoms with E-state index in [0.29, 0.717) is 0 Å². The van der Waals surface area contributed by atoms with E-state index in [0.717, 1.165) is 50.4 Å². The molecule has 1 saturated carbocycles. The lowest BCUT2D eigenvalue weighted by Crippen LogP contribution is -2.27. The largest absolute Gasteiger partial charge is 0.393 e. The van der Waals surface area contributed by atoms with Crippen molar-refractivity contribution in [1.29, 1.82) is 0 Å². The zero-order valence-corrected chi connectivity index (χ0v) is 9.60. The van der Waals surface area contributed by atoms with Crippen LogP contribution in [0.1, 0.15) is 31.4 Å². The van der Waals surface area contributed by atoms with Crippen LogP contribution in [0.5, 0.6) is 0 Å². The van der Waals surface area contributed by atoms with Gasteiger partial charge in [-0.1, -0.05) is 6.07 Å². The highest BCUT2D eigenvalue weighted by molar-refractivity contribution is 5.02. The molecule has 0 bridgehead atoms. The van der Waals surface area contributed by atoms with Crippen LogP contribution in [0.4, 0.5) is 0 Å². The summed E-state index contributed by atoms with van der Waals surface area (Å²) in [5, 5.41) is 12.8. The molecule has 1 heterocycles. The fourth-order valence-corrected chi connectivity index (χ4v) is 2.26. The van der Waals surface area contributed by atoms with Crippen molar-refractivity contribution >= 4 is 0 Å². The molecule has 0 spiro atoms. The van der Waals surface area contributed by atoms with Gasteiger partial charge in [-0.05, 0) is 50.3 Å². The predicted molar refractivity (Wildman–Crippen MR) is 63.9 cm³/mol. The topological polar surface area (TPSA) is 45.1 Å². The maximum Gasteiger partial charge on any atom is 0.0541 e. The molecule has 0 aliphatic heterocycles. The molecule has 1 aliphatic rings. The van der Waals surface area contributed by atoms with E-state index in [1.165, 1.54) is 0 Å². The van der Waals surface area contributed by atoms with Crippen molar-refractivity contribution in [2.24, 2.45) is 5.92 Å². The third-order valence-corrected chi connectivity index (χ3v) is 3.28. The summed E-state index contributed by atoms with van der Waals surface area (Å²) in [5.41, 5.74) is 1.10. The monoisotopic (exact) mass is 220 g/mol. The zero-order chi connectivity index (χ0) is 11.2. The second-order valence-corrected chi connectivity index (χ2v) is 4.63. The predicted octanol–water partition coefficient (Wildman–Crippen LogP) is 1.72. The summed E-state index contributed by atoms with van der Waals surface area (Å²) in [5.74, 6) is 0.729. The molecule has 2 rings (SSSR count). The van der Waals surface area contributed by atoms with Crippen LogP contribution in [0, 0.1) is 5.92 Å². The molecule has 0 aromatic carbocycles. The Balaban J connectivity index is 1.65. The fourth-order valence-electron chi connectivity index (χ4n) is 2.26. The molecule has 0 amide bonds. The number of nitrogens with zero attached hydrogens (tertiary/aromatic N) is 1. The van der Waals surface area contributed by atoms with Gasteiger partial charge in [-0.15, -0.1) is 0 Å². The lowest BCUT2D eigenvalue weighted by Gasteiger charge is -2.25. The van der Waals surface area contributed by atoms with Crippen molar-refractivity contribution in [2.45, 2.75) is 38.3 Å². The van der Waals surface area contributed by atoms with E-state index in [1.807, 2.05) is 24.4 Å². The van der Waals surface area contributed by atoms with Crippen molar-refractivity contribution in [3.8, 4) is 0 Å². The van der Waals surface area contributed by atoms with Crippen molar-refractivity contribution in [2.75, 3.05) is 6.54 Å². The molecule has 2 N–H and O–H groups in total. The molecule has 0 saturated heterocycles. The van der Waals surface area contributed by atoms with Crippen LogP contribution in [0.15, 0.2) is 24.4 Å². The molecule has 1 aromatic heterocycles. The van der Waals surface area contributed by atoms with Crippen molar-refractivity contribution in [3.05, 3.63) is 30.1 Å². The minimum absolute atomic E-state index is 0.0490. The molecule has 3 nitrogen and oxygen atoms in total. The smallest absolute Gasteiger partial charge is 0.0541 e. The van der Waals surface area contributed by atoms with Gasteiger partial charge in [-0.2, -0.15) is 0 Å². The first-order valence-electron chi connectivity index (χ1n) is 6.13. The number of nitrogens with one attached hydrogen (secondary N) is 1. The third kappa shape index (κ3) is 3.58. The van der Waals surface area contributed by atoms with E-state index < -0.39 is 0 Å². The highest BCUT2D eigenvalue weighted by Gasteiger charge is 2.18. The van der Waals surface area contributed by atoms with Crippen LogP contribution in [0.2, 0.25) is 0 Å². The van der Waals surface area contributed by atoms with Gasteiger partial charge in [0.05, 0.1) is 11.8 Å². The van der Waals surface area contributed by atoms with Gasteiger partial charge >= 0.3 is 0 Å². The van der Waals surface area contributed by atoms with Crippen LogP contribution >= 0.6 is 0 Å². The normalized spacial score (nSPS) is 25.6. The lowest BCUT2D eigenvalue weighted by molar-refractivity contribution is 0.108. The van der Waals surface area contributed by atoms with E-state index in [1.54, 1.807) is 0 Å². The number of pyridine rings is 1. The van der Waals surface area contributed by atoms with Crippen LogP contribution in [-0.4, -0.2) is 22.7 Å². The van der Waals surface area contributed by atoms with Gasteiger partial charge in [-0.3, -0.25) is 4.98 Å². The molecule has 0 radical (unpaired) electrons. The van der Waals surface area contributed by atoms with Gasteiger partial charge < -0.3 is 10.4 Å². The summed E-state index contributed by atoms with van der Waals surface area (Å²) < 4.78 is 0. The van der Waals surface area contributed by atoms with Crippen LogP contribution in [0.25, 0.3) is 0 Å². The van der Waals surface area contributed by atoms with Crippen LogP contribution < -0.4 is 5.32 Å². The van der Waals surface area contributed by atoms with Crippen molar-refractivity contribution in [1.82, 2.24) is 10.3 Å². The molecule has 1 aliphatic carbocycles. The highest BCUT2D eigenvalue weighted by Crippen LogP contribution is 2.23. The average molecular weight is 220 g/mol. The quantitative estimate of drug-likeness (QED) is 0.812. The summed E-state index contributed by atoms with van der Waals surface area (Å²) in [6.45, 7) is 1.89. The minimum atomic E-state index is -0.0490. The second kappa shape index (κ2) is 5.97. The zero-order valence-electron chi connectivity index (χ0n) is 9.60. The number of hydrogen-bond donors (Lipinski definition) is 2. The van der Waals surface area contributed by atoms with Gasteiger partial charge in [-0.25, -0.2) is 0 Å².